The third-order valence-corrected chi connectivity index (χ3v) is 5.66. The second-order valence-corrected chi connectivity index (χ2v) is 7.22. The number of nitrogens with zero attached hydrogens (tertiary/aromatic N) is 1. The molecule has 0 amide bonds. The first-order valence-electron chi connectivity index (χ1n) is 10.1. The highest BCUT2D eigenvalue weighted by Gasteiger charge is 2.36. The lowest BCUT2D eigenvalue weighted by Crippen LogP contribution is -2.40. The van der Waals surface area contributed by atoms with Gasteiger partial charge in [0.25, 0.3) is 0 Å². The van der Waals surface area contributed by atoms with E-state index >= 15 is 0 Å². The molecule has 0 bridgehead atoms. The minimum Gasteiger partial charge on any atom is -0.399 e. The average Bonchev–Trinajstić information content (AvgIpc) is 2.61. The molecule has 1 saturated carbocycles. The van der Waals surface area contributed by atoms with Crippen LogP contribution in [0, 0.1) is 5.41 Å². The van der Waals surface area contributed by atoms with Crippen LogP contribution in [0.25, 0.3) is 0 Å². The maximum atomic E-state index is 6.44. The van der Waals surface area contributed by atoms with Crippen molar-refractivity contribution < 1.29 is 0 Å². The van der Waals surface area contributed by atoms with Crippen LogP contribution in [0.1, 0.15) is 79.6 Å². The van der Waals surface area contributed by atoms with E-state index in [1.165, 1.54) is 62.8 Å². The zero-order valence-electron chi connectivity index (χ0n) is 16.8. The van der Waals surface area contributed by atoms with Crippen LogP contribution in [0.5, 0.6) is 0 Å². The number of nitrogens with two attached hydrogens (primary N) is 1. The number of hydrogen-bond acceptors (Lipinski definition) is 2. The Kier molecular flexibility index (Phi) is 9.43. The van der Waals surface area contributed by atoms with E-state index in [9.17, 15) is 0 Å². The highest BCUT2D eigenvalue weighted by Crippen LogP contribution is 2.44. The third-order valence-electron chi connectivity index (χ3n) is 5.66. The smallest absolute Gasteiger partial charge is 0.0346 e. The summed E-state index contributed by atoms with van der Waals surface area (Å²) >= 11 is 0. The molecule has 2 nitrogen and oxygen atoms in total. The summed E-state index contributed by atoms with van der Waals surface area (Å²) in [6.45, 7) is 14.5. The quantitative estimate of drug-likeness (QED) is 0.539. The molecular weight excluding hydrogens is 292 g/mol. The van der Waals surface area contributed by atoms with Gasteiger partial charge in [-0.1, -0.05) is 52.2 Å². The number of rotatable bonds is 9. The Bertz CT molecular complexity index is 451. The Morgan fingerprint density at radius 2 is 1.71 bits per heavy atom. The molecule has 2 N–H and O–H groups in total. The van der Waals surface area contributed by atoms with Crippen LogP contribution in [-0.4, -0.2) is 24.5 Å². The Morgan fingerprint density at radius 3 is 2.17 bits per heavy atom. The second kappa shape index (κ2) is 10.8. The van der Waals surface area contributed by atoms with Gasteiger partial charge >= 0.3 is 0 Å². The largest absolute Gasteiger partial charge is 0.399 e. The van der Waals surface area contributed by atoms with Crippen LogP contribution in [-0.2, 0) is 0 Å². The SMILES string of the molecule is C\C=C(CC)/C(N)=C\C(=C/C)C1(CN(CC)CCC)CCCCC1. The summed E-state index contributed by atoms with van der Waals surface area (Å²) < 4.78 is 0. The molecule has 0 heterocycles. The molecule has 138 valence electrons. The molecule has 0 aromatic rings. The van der Waals surface area contributed by atoms with Gasteiger partial charge in [-0.25, -0.2) is 0 Å². The van der Waals surface area contributed by atoms with Crippen LogP contribution in [0.2, 0.25) is 0 Å². The predicted octanol–water partition coefficient (Wildman–Crippen LogP) is 5.81. The molecule has 0 aliphatic heterocycles. The number of allylic oxidation sites excluding steroid dienone is 4. The minimum atomic E-state index is 0.287. The van der Waals surface area contributed by atoms with Gasteiger partial charge in [-0.05, 0) is 69.8 Å². The van der Waals surface area contributed by atoms with E-state index in [1.54, 1.807) is 0 Å². The highest BCUT2D eigenvalue weighted by molar-refractivity contribution is 5.38. The van der Waals surface area contributed by atoms with Gasteiger partial charge < -0.3 is 10.6 Å². The molecule has 0 aromatic carbocycles. The lowest BCUT2D eigenvalue weighted by molar-refractivity contribution is 0.143. The van der Waals surface area contributed by atoms with Crippen molar-refractivity contribution in [1.82, 2.24) is 4.90 Å². The summed E-state index contributed by atoms with van der Waals surface area (Å²) in [5.74, 6) is 0. The van der Waals surface area contributed by atoms with Crippen LogP contribution in [0.3, 0.4) is 0 Å². The molecule has 1 fully saturated rings. The fraction of sp³-hybridized carbons (Fsp3) is 0.727. The summed E-state index contributed by atoms with van der Waals surface area (Å²) in [6, 6.07) is 0. The molecule has 0 aromatic heterocycles. The third kappa shape index (κ3) is 5.51. The number of hydrogen-bond donors (Lipinski definition) is 1. The van der Waals surface area contributed by atoms with Crippen molar-refractivity contribution >= 4 is 0 Å². The average molecular weight is 333 g/mol. The standard InChI is InChI=1S/C22H40N2/c1-6-16-24(10-5)18-22(14-12-11-13-15-22)20(9-4)17-21(23)19(7-2)8-3/h7,9,17H,6,8,10-16,18,23H2,1-5H3/b19-7-,20-9+,21-17+. The van der Waals surface area contributed by atoms with Crippen molar-refractivity contribution in [2.75, 3.05) is 19.6 Å². The minimum absolute atomic E-state index is 0.287. The lowest BCUT2D eigenvalue weighted by atomic mass is 9.68. The first-order valence-corrected chi connectivity index (χ1v) is 10.1. The van der Waals surface area contributed by atoms with Gasteiger partial charge in [0.05, 0.1) is 0 Å². The molecule has 0 unspecified atom stereocenters. The fourth-order valence-electron chi connectivity index (χ4n) is 4.24. The molecule has 2 heteroatoms. The Balaban J connectivity index is 3.14. The van der Waals surface area contributed by atoms with E-state index in [1.807, 2.05) is 0 Å². The van der Waals surface area contributed by atoms with Crippen molar-refractivity contribution in [2.24, 2.45) is 11.1 Å². The highest BCUT2D eigenvalue weighted by atomic mass is 15.1. The summed E-state index contributed by atoms with van der Waals surface area (Å²) in [5.41, 5.74) is 10.4. The van der Waals surface area contributed by atoms with Gasteiger partial charge in [0, 0.05) is 17.7 Å². The van der Waals surface area contributed by atoms with Crippen molar-refractivity contribution in [1.29, 1.82) is 0 Å². The van der Waals surface area contributed by atoms with E-state index in [0.717, 1.165) is 18.7 Å². The van der Waals surface area contributed by atoms with E-state index in [2.05, 4.69) is 57.7 Å². The molecule has 0 spiro atoms. The Labute approximate surface area is 150 Å². The molecular formula is C22H40N2. The van der Waals surface area contributed by atoms with E-state index in [-0.39, 0.29) is 5.41 Å². The molecule has 0 radical (unpaired) electrons. The van der Waals surface area contributed by atoms with Crippen molar-refractivity contribution in [3.63, 3.8) is 0 Å². The molecule has 1 aliphatic rings. The van der Waals surface area contributed by atoms with Crippen LogP contribution in [0.15, 0.2) is 35.1 Å². The second-order valence-electron chi connectivity index (χ2n) is 7.22. The summed E-state index contributed by atoms with van der Waals surface area (Å²) in [6.07, 6.45) is 15.7. The van der Waals surface area contributed by atoms with Gasteiger partial charge in [-0.2, -0.15) is 0 Å². The summed E-state index contributed by atoms with van der Waals surface area (Å²) in [5, 5.41) is 0. The van der Waals surface area contributed by atoms with Crippen molar-refractivity contribution in [2.45, 2.75) is 79.6 Å². The maximum Gasteiger partial charge on any atom is 0.0346 e. The van der Waals surface area contributed by atoms with E-state index < -0.39 is 0 Å². The molecule has 24 heavy (non-hydrogen) atoms. The van der Waals surface area contributed by atoms with Crippen LogP contribution in [0.4, 0.5) is 0 Å². The van der Waals surface area contributed by atoms with Gasteiger partial charge in [0.15, 0.2) is 0 Å². The Morgan fingerprint density at radius 1 is 1.04 bits per heavy atom. The molecule has 1 aliphatic carbocycles. The van der Waals surface area contributed by atoms with Crippen molar-refractivity contribution in [3.8, 4) is 0 Å². The van der Waals surface area contributed by atoms with Crippen LogP contribution < -0.4 is 5.73 Å². The zero-order valence-corrected chi connectivity index (χ0v) is 16.8. The van der Waals surface area contributed by atoms with Crippen molar-refractivity contribution in [3.05, 3.63) is 35.1 Å². The zero-order chi connectivity index (χ0) is 18.0. The Hall–Kier alpha value is -1.02. The molecule has 1 rings (SSSR count). The normalized spacial score (nSPS) is 19.8. The van der Waals surface area contributed by atoms with Gasteiger partial charge in [-0.15, -0.1) is 0 Å². The molecule has 0 saturated heterocycles. The van der Waals surface area contributed by atoms with Gasteiger partial charge in [-0.3, -0.25) is 0 Å². The first kappa shape index (κ1) is 21.0. The monoisotopic (exact) mass is 332 g/mol. The van der Waals surface area contributed by atoms with E-state index in [4.69, 9.17) is 5.73 Å². The maximum absolute atomic E-state index is 6.44. The topological polar surface area (TPSA) is 29.3 Å². The lowest BCUT2D eigenvalue weighted by Gasteiger charge is -2.42. The van der Waals surface area contributed by atoms with E-state index in [0.29, 0.717) is 0 Å². The van der Waals surface area contributed by atoms with Gasteiger partial charge in [0.1, 0.15) is 0 Å². The fourth-order valence-corrected chi connectivity index (χ4v) is 4.24. The van der Waals surface area contributed by atoms with Crippen LogP contribution >= 0.6 is 0 Å². The summed E-state index contributed by atoms with van der Waals surface area (Å²) in [7, 11) is 0. The van der Waals surface area contributed by atoms with Gasteiger partial charge in [0.2, 0.25) is 0 Å². The predicted molar refractivity (Wildman–Crippen MR) is 108 cm³/mol. The summed E-state index contributed by atoms with van der Waals surface area (Å²) in [4.78, 5) is 2.63. The first-order chi connectivity index (χ1) is 11.6. The molecule has 0 atom stereocenters.